The standard InChI is InChI=1S/C13H14ClN3O4/c1-2-15-5-6-16(13(19)12(15)18)8-9-3-4-10(14)11(7-9)17(20)21/h3-4,7H,2,5-6,8H2,1H3. The number of hydrogen-bond donors (Lipinski definition) is 0. The summed E-state index contributed by atoms with van der Waals surface area (Å²) >= 11 is 5.74. The van der Waals surface area contributed by atoms with Gasteiger partial charge in [0.15, 0.2) is 0 Å². The third-order valence-electron chi connectivity index (χ3n) is 3.36. The molecule has 1 aromatic carbocycles. The van der Waals surface area contributed by atoms with Gasteiger partial charge in [0.1, 0.15) is 5.02 Å². The van der Waals surface area contributed by atoms with Gasteiger partial charge in [0.2, 0.25) is 0 Å². The van der Waals surface area contributed by atoms with Gasteiger partial charge in [-0.25, -0.2) is 0 Å². The SMILES string of the molecule is CCN1CCN(Cc2ccc(Cl)c([N+](=O)[O-])c2)C(=O)C1=O. The van der Waals surface area contributed by atoms with Gasteiger partial charge in [-0.2, -0.15) is 0 Å². The molecule has 1 aliphatic rings. The zero-order valence-electron chi connectivity index (χ0n) is 11.4. The van der Waals surface area contributed by atoms with Crippen LogP contribution in [0.3, 0.4) is 0 Å². The van der Waals surface area contributed by atoms with Gasteiger partial charge in [-0.1, -0.05) is 17.7 Å². The summed E-state index contributed by atoms with van der Waals surface area (Å²) in [7, 11) is 0. The molecular formula is C13H14ClN3O4. The fourth-order valence-electron chi connectivity index (χ4n) is 2.18. The molecule has 112 valence electrons. The van der Waals surface area contributed by atoms with Crippen LogP contribution >= 0.6 is 11.6 Å². The van der Waals surface area contributed by atoms with E-state index in [0.717, 1.165) is 0 Å². The Morgan fingerprint density at radius 3 is 2.48 bits per heavy atom. The zero-order valence-corrected chi connectivity index (χ0v) is 12.2. The van der Waals surface area contributed by atoms with Gasteiger partial charge in [-0.3, -0.25) is 19.7 Å². The maximum atomic E-state index is 12.0. The van der Waals surface area contributed by atoms with E-state index >= 15 is 0 Å². The van der Waals surface area contributed by atoms with Crippen LogP contribution in [-0.2, 0) is 16.1 Å². The summed E-state index contributed by atoms with van der Waals surface area (Å²) in [5, 5.41) is 10.9. The number of rotatable bonds is 4. The molecule has 1 fully saturated rings. The Labute approximate surface area is 126 Å². The van der Waals surface area contributed by atoms with Gasteiger partial charge in [0.25, 0.3) is 5.69 Å². The molecule has 0 bridgehead atoms. The summed E-state index contributed by atoms with van der Waals surface area (Å²) in [5.74, 6) is -1.12. The highest BCUT2D eigenvalue weighted by Crippen LogP contribution is 2.25. The summed E-state index contributed by atoms with van der Waals surface area (Å²) in [5.41, 5.74) is 0.359. The van der Waals surface area contributed by atoms with Gasteiger partial charge in [-0.15, -0.1) is 0 Å². The topological polar surface area (TPSA) is 83.8 Å². The van der Waals surface area contributed by atoms with Gasteiger partial charge in [-0.05, 0) is 18.6 Å². The molecule has 0 atom stereocenters. The fraction of sp³-hybridized carbons (Fsp3) is 0.385. The Balaban J connectivity index is 2.16. The largest absolute Gasteiger partial charge is 0.333 e. The highest BCUT2D eigenvalue weighted by Gasteiger charge is 2.31. The van der Waals surface area contributed by atoms with E-state index in [1.165, 1.54) is 21.9 Å². The normalized spacial score (nSPS) is 15.5. The summed E-state index contributed by atoms with van der Waals surface area (Å²) in [4.78, 5) is 36.9. The number of benzene rings is 1. The van der Waals surface area contributed by atoms with E-state index in [2.05, 4.69) is 0 Å². The number of hydrogen-bond acceptors (Lipinski definition) is 4. The minimum absolute atomic E-state index is 0.0435. The minimum Gasteiger partial charge on any atom is -0.333 e. The Hall–Kier alpha value is -2.15. The molecule has 1 heterocycles. The first-order chi connectivity index (χ1) is 9.93. The van der Waals surface area contributed by atoms with E-state index in [1.807, 2.05) is 6.92 Å². The van der Waals surface area contributed by atoms with Crippen molar-refractivity contribution in [3.8, 4) is 0 Å². The lowest BCUT2D eigenvalue weighted by Crippen LogP contribution is -2.53. The van der Waals surface area contributed by atoms with Gasteiger partial charge in [0.05, 0.1) is 4.92 Å². The number of amides is 2. The highest BCUT2D eigenvalue weighted by atomic mass is 35.5. The molecule has 8 heteroatoms. The third kappa shape index (κ3) is 3.13. The maximum absolute atomic E-state index is 12.0. The number of carbonyl (C=O) groups excluding carboxylic acids is 2. The maximum Gasteiger partial charge on any atom is 0.312 e. The predicted octanol–water partition coefficient (Wildman–Crippen LogP) is 1.44. The van der Waals surface area contributed by atoms with Crippen molar-refractivity contribution in [3.05, 3.63) is 38.9 Å². The van der Waals surface area contributed by atoms with E-state index in [4.69, 9.17) is 11.6 Å². The van der Waals surface area contributed by atoms with Crippen LogP contribution in [0.15, 0.2) is 18.2 Å². The molecule has 0 saturated carbocycles. The minimum atomic E-state index is -0.583. The van der Waals surface area contributed by atoms with E-state index in [1.54, 1.807) is 6.07 Å². The second-order valence-electron chi connectivity index (χ2n) is 4.65. The number of halogens is 1. The lowest BCUT2D eigenvalue weighted by Gasteiger charge is -2.33. The van der Waals surface area contributed by atoms with Crippen molar-refractivity contribution >= 4 is 29.1 Å². The van der Waals surface area contributed by atoms with E-state index in [9.17, 15) is 19.7 Å². The highest BCUT2D eigenvalue weighted by molar-refractivity contribution is 6.35. The smallest absolute Gasteiger partial charge is 0.312 e. The van der Waals surface area contributed by atoms with Crippen molar-refractivity contribution in [3.63, 3.8) is 0 Å². The molecule has 0 aliphatic carbocycles. The van der Waals surface area contributed by atoms with Crippen molar-refractivity contribution in [1.29, 1.82) is 0 Å². The molecule has 0 aromatic heterocycles. The molecule has 0 unspecified atom stereocenters. The van der Waals surface area contributed by atoms with Crippen LogP contribution < -0.4 is 0 Å². The fourth-order valence-corrected chi connectivity index (χ4v) is 2.37. The van der Waals surface area contributed by atoms with Crippen LogP contribution in [0.25, 0.3) is 0 Å². The van der Waals surface area contributed by atoms with Gasteiger partial charge in [0, 0.05) is 32.2 Å². The lowest BCUT2D eigenvalue weighted by atomic mass is 10.1. The van der Waals surface area contributed by atoms with Crippen LogP contribution in [0.2, 0.25) is 5.02 Å². The second kappa shape index (κ2) is 6.09. The molecule has 21 heavy (non-hydrogen) atoms. The molecule has 1 aromatic rings. The summed E-state index contributed by atoms with van der Waals surface area (Å²) in [6.07, 6.45) is 0. The van der Waals surface area contributed by atoms with Crippen LogP contribution in [0.5, 0.6) is 0 Å². The van der Waals surface area contributed by atoms with Crippen LogP contribution in [0.1, 0.15) is 12.5 Å². The third-order valence-corrected chi connectivity index (χ3v) is 3.68. The van der Waals surface area contributed by atoms with Crippen LogP contribution in [-0.4, -0.2) is 46.2 Å². The van der Waals surface area contributed by atoms with Crippen molar-refractivity contribution in [2.24, 2.45) is 0 Å². The molecular weight excluding hydrogens is 298 g/mol. The van der Waals surface area contributed by atoms with Crippen molar-refractivity contribution < 1.29 is 14.5 Å². The monoisotopic (exact) mass is 311 g/mol. The van der Waals surface area contributed by atoms with Crippen LogP contribution in [0.4, 0.5) is 5.69 Å². The van der Waals surface area contributed by atoms with Crippen molar-refractivity contribution in [2.45, 2.75) is 13.5 Å². The average Bonchev–Trinajstić information content (AvgIpc) is 2.46. The summed E-state index contributed by atoms with van der Waals surface area (Å²) in [6.45, 7) is 3.33. The number of carbonyl (C=O) groups is 2. The van der Waals surface area contributed by atoms with Crippen molar-refractivity contribution in [2.75, 3.05) is 19.6 Å². The first-order valence-electron chi connectivity index (χ1n) is 6.45. The Morgan fingerprint density at radius 2 is 1.86 bits per heavy atom. The summed E-state index contributed by atoms with van der Waals surface area (Å²) < 4.78 is 0. The first-order valence-corrected chi connectivity index (χ1v) is 6.82. The molecule has 7 nitrogen and oxygen atoms in total. The Bertz CT molecular complexity index is 605. The van der Waals surface area contributed by atoms with Gasteiger partial charge >= 0.3 is 11.8 Å². The molecule has 2 amide bonds. The lowest BCUT2D eigenvalue weighted by molar-refractivity contribution is -0.384. The molecule has 0 spiro atoms. The molecule has 0 radical (unpaired) electrons. The number of nitrogens with zero attached hydrogens (tertiary/aromatic N) is 3. The predicted molar refractivity (Wildman–Crippen MR) is 75.8 cm³/mol. The Morgan fingerprint density at radius 1 is 1.24 bits per heavy atom. The molecule has 2 rings (SSSR count). The van der Waals surface area contributed by atoms with Crippen LogP contribution in [0, 0.1) is 10.1 Å². The zero-order chi connectivity index (χ0) is 15.6. The second-order valence-corrected chi connectivity index (χ2v) is 5.06. The number of nitro groups is 1. The number of likely N-dealkylation sites (N-methyl/N-ethyl adjacent to an activating group) is 1. The summed E-state index contributed by atoms with van der Waals surface area (Å²) in [6, 6.07) is 4.36. The van der Waals surface area contributed by atoms with Gasteiger partial charge < -0.3 is 9.80 Å². The molecule has 1 saturated heterocycles. The quantitative estimate of drug-likeness (QED) is 0.478. The Kier molecular flexibility index (Phi) is 4.42. The van der Waals surface area contributed by atoms with E-state index in [-0.39, 0.29) is 17.3 Å². The molecule has 0 N–H and O–H groups in total. The van der Waals surface area contributed by atoms with E-state index in [0.29, 0.717) is 25.2 Å². The van der Waals surface area contributed by atoms with Crippen molar-refractivity contribution in [1.82, 2.24) is 9.80 Å². The number of piperazine rings is 1. The average molecular weight is 312 g/mol. The first kappa shape index (κ1) is 15.2. The van der Waals surface area contributed by atoms with E-state index < -0.39 is 16.7 Å². The number of nitro benzene ring substituents is 1. The molecule has 1 aliphatic heterocycles.